The van der Waals surface area contributed by atoms with E-state index in [1.54, 1.807) is 0 Å². The summed E-state index contributed by atoms with van der Waals surface area (Å²) in [6.07, 6.45) is 7.04. The summed E-state index contributed by atoms with van der Waals surface area (Å²) in [5.41, 5.74) is 0. The lowest BCUT2D eigenvalue weighted by atomic mass is 10.2. The van der Waals surface area contributed by atoms with Gasteiger partial charge in [0.05, 0.1) is 6.54 Å². The number of carboxylic acids is 1. The van der Waals surface area contributed by atoms with Gasteiger partial charge < -0.3 is 9.67 Å². The molecule has 2 heterocycles. The Labute approximate surface area is 101 Å². The first-order chi connectivity index (χ1) is 8.25. The van der Waals surface area contributed by atoms with Gasteiger partial charge >= 0.3 is 5.97 Å². The van der Waals surface area contributed by atoms with Gasteiger partial charge in [-0.3, -0.25) is 9.69 Å². The average Bonchev–Trinajstić information content (AvgIpc) is 2.75. The Kier molecular flexibility index (Phi) is 4.14. The molecule has 0 unspecified atom stereocenters. The molecule has 0 amide bonds. The van der Waals surface area contributed by atoms with E-state index in [0.29, 0.717) is 6.42 Å². The SMILES string of the molecule is O=C(O)CCCCCN1CCn2ccnc2C1. The number of fused-ring (bicyclic) bond motifs is 1. The van der Waals surface area contributed by atoms with Crippen LogP contribution >= 0.6 is 0 Å². The van der Waals surface area contributed by atoms with Crippen LogP contribution in [0.15, 0.2) is 12.4 Å². The largest absolute Gasteiger partial charge is 0.481 e. The van der Waals surface area contributed by atoms with Crippen LogP contribution in [0, 0.1) is 0 Å². The zero-order valence-corrected chi connectivity index (χ0v) is 10.0. The summed E-state index contributed by atoms with van der Waals surface area (Å²) in [6.45, 7) is 4.06. The van der Waals surface area contributed by atoms with E-state index < -0.39 is 5.97 Å². The summed E-state index contributed by atoms with van der Waals surface area (Å²) in [5.74, 6) is 0.451. The molecule has 1 aliphatic rings. The van der Waals surface area contributed by atoms with Crippen molar-refractivity contribution in [3.8, 4) is 0 Å². The quantitative estimate of drug-likeness (QED) is 0.759. The summed E-state index contributed by atoms with van der Waals surface area (Å²) in [6, 6.07) is 0. The van der Waals surface area contributed by atoms with Crippen LogP contribution in [0.25, 0.3) is 0 Å². The van der Waals surface area contributed by atoms with E-state index in [-0.39, 0.29) is 0 Å². The number of carbonyl (C=O) groups is 1. The van der Waals surface area contributed by atoms with Gasteiger partial charge in [-0.25, -0.2) is 4.98 Å². The van der Waals surface area contributed by atoms with Gasteiger partial charge in [-0.05, 0) is 19.4 Å². The van der Waals surface area contributed by atoms with Crippen LogP contribution in [0.2, 0.25) is 0 Å². The van der Waals surface area contributed by atoms with Crippen LogP contribution in [0.5, 0.6) is 0 Å². The van der Waals surface area contributed by atoms with Crippen LogP contribution < -0.4 is 0 Å². The summed E-state index contributed by atoms with van der Waals surface area (Å²) in [7, 11) is 0. The van der Waals surface area contributed by atoms with Gasteiger partial charge in [-0.15, -0.1) is 0 Å². The van der Waals surface area contributed by atoms with Crippen molar-refractivity contribution in [3.05, 3.63) is 18.2 Å². The smallest absolute Gasteiger partial charge is 0.303 e. The summed E-state index contributed by atoms with van der Waals surface area (Å²) in [5, 5.41) is 8.53. The van der Waals surface area contributed by atoms with Crippen LogP contribution in [0.1, 0.15) is 31.5 Å². The Morgan fingerprint density at radius 1 is 1.35 bits per heavy atom. The first-order valence-electron chi connectivity index (χ1n) is 6.20. The lowest BCUT2D eigenvalue weighted by molar-refractivity contribution is -0.137. The maximum atomic E-state index is 10.4. The Morgan fingerprint density at radius 2 is 2.24 bits per heavy atom. The number of imidazole rings is 1. The predicted molar refractivity (Wildman–Crippen MR) is 63.6 cm³/mol. The lowest BCUT2D eigenvalue weighted by Gasteiger charge is -2.27. The number of aromatic nitrogens is 2. The lowest BCUT2D eigenvalue weighted by Crippen LogP contribution is -2.34. The standard InChI is InChI=1S/C12H19N3O2/c16-12(17)4-2-1-3-6-14-8-9-15-7-5-13-11(15)10-14/h5,7H,1-4,6,8-10H2,(H,16,17). The second kappa shape index (κ2) is 5.82. The van der Waals surface area contributed by atoms with Crippen molar-refractivity contribution in [2.45, 2.75) is 38.8 Å². The molecule has 0 saturated heterocycles. The van der Waals surface area contributed by atoms with Gasteiger partial charge in [-0.2, -0.15) is 0 Å². The Hall–Kier alpha value is -1.36. The zero-order valence-electron chi connectivity index (χ0n) is 10.0. The van der Waals surface area contributed by atoms with Crippen molar-refractivity contribution in [1.82, 2.24) is 14.5 Å². The van der Waals surface area contributed by atoms with E-state index in [1.165, 1.54) is 0 Å². The van der Waals surface area contributed by atoms with Gasteiger partial charge in [0.25, 0.3) is 0 Å². The van der Waals surface area contributed by atoms with E-state index >= 15 is 0 Å². The van der Waals surface area contributed by atoms with E-state index in [1.807, 2.05) is 12.4 Å². The molecule has 0 fully saturated rings. The van der Waals surface area contributed by atoms with Crippen LogP contribution in [-0.2, 0) is 17.9 Å². The fourth-order valence-electron chi connectivity index (χ4n) is 2.20. The molecule has 17 heavy (non-hydrogen) atoms. The maximum Gasteiger partial charge on any atom is 0.303 e. The van der Waals surface area contributed by atoms with E-state index in [0.717, 1.165) is 51.3 Å². The molecular formula is C12H19N3O2. The van der Waals surface area contributed by atoms with Crippen LogP contribution in [0.3, 0.4) is 0 Å². The molecule has 0 aromatic carbocycles. The molecule has 0 spiro atoms. The second-order valence-electron chi connectivity index (χ2n) is 4.52. The molecule has 0 radical (unpaired) electrons. The maximum absolute atomic E-state index is 10.4. The van der Waals surface area contributed by atoms with E-state index in [4.69, 9.17) is 5.11 Å². The van der Waals surface area contributed by atoms with Crippen molar-refractivity contribution in [1.29, 1.82) is 0 Å². The number of nitrogens with zero attached hydrogens (tertiary/aromatic N) is 3. The van der Waals surface area contributed by atoms with Gasteiger partial charge in [0.2, 0.25) is 0 Å². The summed E-state index contributed by atoms with van der Waals surface area (Å²) < 4.78 is 2.20. The van der Waals surface area contributed by atoms with Gasteiger partial charge in [-0.1, -0.05) is 6.42 Å². The normalized spacial score (nSPS) is 15.8. The van der Waals surface area contributed by atoms with Gasteiger partial charge in [0.1, 0.15) is 5.82 Å². The summed E-state index contributed by atoms with van der Waals surface area (Å²) >= 11 is 0. The van der Waals surface area contributed by atoms with Gasteiger partial charge in [0, 0.05) is 31.9 Å². The third-order valence-corrected chi connectivity index (χ3v) is 3.19. The monoisotopic (exact) mass is 237 g/mol. The first-order valence-corrected chi connectivity index (χ1v) is 6.20. The molecule has 0 saturated carbocycles. The highest BCUT2D eigenvalue weighted by Gasteiger charge is 2.15. The Balaban J connectivity index is 1.63. The predicted octanol–water partition coefficient (Wildman–Crippen LogP) is 1.34. The molecule has 2 rings (SSSR count). The van der Waals surface area contributed by atoms with E-state index in [2.05, 4.69) is 14.5 Å². The molecule has 1 aliphatic heterocycles. The average molecular weight is 237 g/mol. The number of aliphatic carboxylic acids is 1. The zero-order chi connectivity index (χ0) is 12.1. The van der Waals surface area contributed by atoms with Crippen molar-refractivity contribution < 1.29 is 9.90 Å². The minimum absolute atomic E-state index is 0.296. The third-order valence-electron chi connectivity index (χ3n) is 3.19. The molecule has 0 aliphatic carbocycles. The highest BCUT2D eigenvalue weighted by molar-refractivity contribution is 5.66. The molecule has 94 valence electrons. The Morgan fingerprint density at radius 3 is 3.06 bits per heavy atom. The molecule has 1 aromatic rings. The number of hydrogen-bond donors (Lipinski definition) is 1. The highest BCUT2D eigenvalue weighted by Crippen LogP contribution is 2.11. The minimum Gasteiger partial charge on any atom is -0.481 e. The fraction of sp³-hybridized carbons (Fsp3) is 0.667. The van der Waals surface area contributed by atoms with Crippen LogP contribution in [0.4, 0.5) is 0 Å². The molecule has 5 heteroatoms. The highest BCUT2D eigenvalue weighted by atomic mass is 16.4. The molecule has 1 aromatic heterocycles. The van der Waals surface area contributed by atoms with Crippen molar-refractivity contribution in [2.24, 2.45) is 0 Å². The second-order valence-corrected chi connectivity index (χ2v) is 4.52. The molecule has 0 atom stereocenters. The molecule has 1 N–H and O–H groups in total. The number of unbranched alkanes of at least 4 members (excludes halogenated alkanes) is 2. The van der Waals surface area contributed by atoms with Crippen molar-refractivity contribution in [2.75, 3.05) is 13.1 Å². The van der Waals surface area contributed by atoms with Crippen molar-refractivity contribution >= 4 is 5.97 Å². The van der Waals surface area contributed by atoms with Crippen LogP contribution in [-0.4, -0.2) is 38.6 Å². The fourth-order valence-corrected chi connectivity index (χ4v) is 2.20. The molecule has 5 nitrogen and oxygen atoms in total. The Bertz CT molecular complexity index is 376. The molecule has 0 bridgehead atoms. The first kappa shape index (κ1) is 12.1. The molecular weight excluding hydrogens is 218 g/mol. The van der Waals surface area contributed by atoms with E-state index in [9.17, 15) is 4.79 Å². The summed E-state index contributed by atoms with van der Waals surface area (Å²) in [4.78, 5) is 17.1. The number of rotatable bonds is 6. The topological polar surface area (TPSA) is 58.4 Å². The number of hydrogen-bond acceptors (Lipinski definition) is 3. The minimum atomic E-state index is -0.690. The van der Waals surface area contributed by atoms with Gasteiger partial charge in [0.15, 0.2) is 0 Å². The third kappa shape index (κ3) is 3.56. The number of carboxylic acid groups (broad SMARTS) is 1. The van der Waals surface area contributed by atoms with Crippen molar-refractivity contribution in [3.63, 3.8) is 0 Å².